The third-order valence-corrected chi connectivity index (χ3v) is 7.65. The molecule has 0 N–H and O–H groups in total. The van der Waals surface area contributed by atoms with Crippen LogP contribution < -0.4 is 0 Å². The number of piperazine rings is 1. The van der Waals surface area contributed by atoms with Crippen molar-refractivity contribution in [2.45, 2.75) is 49.5 Å². The lowest BCUT2D eigenvalue weighted by Crippen LogP contribution is -2.51. The Kier molecular flexibility index (Phi) is 6.55. The van der Waals surface area contributed by atoms with Gasteiger partial charge in [0.2, 0.25) is 10.0 Å². The smallest absolute Gasteiger partial charge is 0.253 e. The van der Waals surface area contributed by atoms with Gasteiger partial charge in [-0.25, -0.2) is 12.7 Å². The Morgan fingerprint density at radius 1 is 0.926 bits per heavy atom. The van der Waals surface area contributed by atoms with E-state index in [4.69, 9.17) is 0 Å². The zero-order valence-electron chi connectivity index (χ0n) is 16.4. The Morgan fingerprint density at radius 2 is 1.48 bits per heavy atom. The largest absolute Gasteiger partial charge is 0.336 e. The Hall–Kier alpha value is -1.44. The van der Waals surface area contributed by atoms with Crippen molar-refractivity contribution in [1.29, 1.82) is 0 Å². The summed E-state index contributed by atoms with van der Waals surface area (Å²) in [6, 6.07) is 6.96. The van der Waals surface area contributed by atoms with Crippen molar-refractivity contribution >= 4 is 15.9 Å². The van der Waals surface area contributed by atoms with Crippen LogP contribution in [0, 0.1) is 0 Å². The molecule has 1 saturated carbocycles. The van der Waals surface area contributed by atoms with Gasteiger partial charge in [-0.15, -0.1) is 0 Å². The maximum atomic E-state index is 12.8. The number of carbonyl (C=O) groups excluding carboxylic acids is 1. The van der Waals surface area contributed by atoms with Crippen LogP contribution in [-0.2, 0) is 10.0 Å². The Morgan fingerprint density at radius 3 is 2.00 bits per heavy atom. The first-order chi connectivity index (χ1) is 12.9. The van der Waals surface area contributed by atoms with Crippen molar-refractivity contribution in [3.05, 3.63) is 29.8 Å². The summed E-state index contributed by atoms with van der Waals surface area (Å²) in [5, 5.41) is 0. The van der Waals surface area contributed by atoms with E-state index in [1.54, 1.807) is 12.1 Å². The second-order valence-corrected chi connectivity index (χ2v) is 9.94. The normalized spacial score (nSPS) is 20.6. The van der Waals surface area contributed by atoms with Gasteiger partial charge in [0.25, 0.3) is 5.91 Å². The SMILES string of the molecule is CN(C)S(=O)(=O)c1ccc(C(=O)N2CCN(C3CCCCCC3)CC2)cc1. The van der Waals surface area contributed by atoms with Crippen LogP contribution in [0.15, 0.2) is 29.2 Å². The monoisotopic (exact) mass is 393 g/mol. The van der Waals surface area contributed by atoms with E-state index < -0.39 is 10.0 Å². The number of rotatable bonds is 4. The molecule has 1 aromatic carbocycles. The lowest BCUT2D eigenvalue weighted by Gasteiger charge is -2.39. The molecule has 6 nitrogen and oxygen atoms in total. The average Bonchev–Trinajstić information content (AvgIpc) is 2.97. The van der Waals surface area contributed by atoms with Gasteiger partial charge in [0.1, 0.15) is 0 Å². The molecule has 0 spiro atoms. The van der Waals surface area contributed by atoms with Crippen molar-refractivity contribution in [2.24, 2.45) is 0 Å². The molecule has 7 heteroatoms. The van der Waals surface area contributed by atoms with Gasteiger partial charge in [-0.05, 0) is 37.1 Å². The first-order valence-corrected chi connectivity index (χ1v) is 11.4. The summed E-state index contributed by atoms with van der Waals surface area (Å²) in [7, 11) is -0.461. The van der Waals surface area contributed by atoms with E-state index in [-0.39, 0.29) is 10.8 Å². The number of sulfonamides is 1. The molecular formula is C20H31N3O3S. The highest BCUT2D eigenvalue weighted by Gasteiger charge is 2.27. The van der Waals surface area contributed by atoms with Gasteiger partial charge in [0.15, 0.2) is 0 Å². The summed E-state index contributed by atoms with van der Waals surface area (Å²) in [6.07, 6.45) is 7.94. The second-order valence-electron chi connectivity index (χ2n) is 7.79. The highest BCUT2D eigenvalue weighted by molar-refractivity contribution is 7.89. The molecule has 0 unspecified atom stereocenters. The van der Waals surface area contributed by atoms with Gasteiger partial charge in [-0.3, -0.25) is 9.69 Å². The third kappa shape index (κ3) is 4.70. The van der Waals surface area contributed by atoms with E-state index in [1.165, 1.54) is 69.1 Å². The maximum Gasteiger partial charge on any atom is 0.253 e. The summed E-state index contributed by atoms with van der Waals surface area (Å²) < 4.78 is 25.5. The summed E-state index contributed by atoms with van der Waals surface area (Å²) in [5.41, 5.74) is 0.552. The van der Waals surface area contributed by atoms with E-state index >= 15 is 0 Å². The zero-order valence-corrected chi connectivity index (χ0v) is 17.2. The lowest BCUT2D eigenvalue weighted by molar-refractivity contribution is 0.0551. The molecule has 0 atom stereocenters. The van der Waals surface area contributed by atoms with Gasteiger partial charge in [-0.2, -0.15) is 0 Å². The van der Waals surface area contributed by atoms with Crippen molar-refractivity contribution < 1.29 is 13.2 Å². The molecule has 3 rings (SSSR count). The average molecular weight is 394 g/mol. The van der Waals surface area contributed by atoms with E-state index in [0.29, 0.717) is 11.6 Å². The van der Waals surface area contributed by atoms with Crippen LogP contribution in [0.2, 0.25) is 0 Å². The minimum atomic E-state index is -3.47. The first-order valence-electron chi connectivity index (χ1n) is 9.95. The van der Waals surface area contributed by atoms with Crippen LogP contribution in [0.4, 0.5) is 0 Å². The molecule has 1 saturated heterocycles. The van der Waals surface area contributed by atoms with Gasteiger partial charge in [0.05, 0.1) is 4.90 Å². The molecule has 2 fully saturated rings. The van der Waals surface area contributed by atoms with Crippen LogP contribution in [0.25, 0.3) is 0 Å². The minimum absolute atomic E-state index is 0.00989. The van der Waals surface area contributed by atoms with Gasteiger partial charge in [-0.1, -0.05) is 25.7 Å². The van der Waals surface area contributed by atoms with Gasteiger partial charge >= 0.3 is 0 Å². The fourth-order valence-electron chi connectivity index (χ4n) is 4.08. The lowest BCUT2D eigenvalue weighted by atomic mass is 10.1. The van der Waals surface area contributed by atoms with E-state index in [2.05, 4.69) is 4.90 Å². The topological polar surface area (TPSA) is 60.9 Å². The number of benzene rings is 1. The third-order valence-electron chi connectivity index (χ3n) is 5.82. The van der Waals surface area contributed by atoms with Crippen molar-refractivity contribution in [3.63, 3.8) is 0 Å². The number of amides is 1. The zero-order chi connectivity index (χ0) is 19.4. The highest BCUT2D eigenvalue weighted by atomic mass is 32.2. The van der Waals surface area contributed by atoms with Crippen molar-refractivity contribution in [2.75, 3.05) is 40.3 Å². The number of hydrogen-bond acceptors (Lipinski definition) is 4. The van der Waals surface area contributed by atoms with E-state index in [9.17, 15) is 13.2 Å². The van der Waals surface area contributed by atoms with Gasteiger partial charge in [0, 0.05) is 51.9 Å². The number of hydrogen-bond donors (Lipinski definition) is 0. The molecule has 0 radical (unpaired) electrons. The Labute approximate surface area is 163 Å². The minimum Gasteiger partial charge on any atom is -0.336 e. The molecule has 0 aromatic heterocycles. The molecule has 0 bridgehead atoms. The predicted molar refractivity (Wildman–Crippen MR) is 106 cm³/mol. The Bertz CT molecular complexity index is 730. The number of carbonyl (C=O) groups is 1. The molecule has 1 aliphatic carbocycles. The van der Waals surface area contributed by atoms with Gasteiger partial charge < -0.3 is 4.90 Å². The highest BCUT2D eigenvalue weighted by Crippen LogP contribution is 2.23. The fourth-order valence-corrected chi connectivity index (χ4v) is 4.98. The van der Waals surface area contributed by atoms with E-state index in [1.807, 2.05) is 4.90 Å². The van der Waals surface area contributed by atoms with Crippen LogP contribution in [0.1, 0.15) is 48.9 Å². The quantitative estimate of drug-likeness (QED) is 0.737. The molecule has 1 aliphatic heterocycles. The maximum absolute atomic E-state index is 12.8. The van der Waals surface area contributed by atoms with Crippen LogP contribution >= 0.6 is 0 Å². The van der Waals surface area contributed by atoms with Crippen molar-refractivity contribution in [3.8, 4) is 0 Å². The van der Waals surface area contributed by atoms with Crippen LogP contribution in [0.3, 0.4) is 0 Å². The summed E-state index contributed by atoms with van der Waals surface area (Å²) in [5.74, 6) is -0.00989. The summed E-state index contributed by atoms with van der Waals surface area (Å²) >= 11 is 0. The molecule has 2 aliphatic rings. The summed E-state index contributed by atoms with van der Waals surface area (Å²) in [4.78, 5) is 17.4. The van der Waals surface area contributed by atoms with Crippen LogP contribution in [0.5, 0.6) is 0 Å². The van der Waals surface area contributed by atoms with Crippen LogP contribution in [-0.4, -0.2) is 74.7 Å². The molecule has 150 valence electrons. The molecule has 1 aromatic rings. The standard InChI is InChI=1S/C20H31N3O3S/c1-21(2)27(25,26)19-11-9-17(10-12-19)20(24)23-15-13-22(14-16-23)18-7-5-3-4-6-8-18/h9-12,18H,3-8,13-16H2,1-2H3. The first kappa shape index (κ1) is 20.3. The van der Waals surface area contributed by atoms with E-state index in [0.717, 1.165) is 26.2 Å². The Balaban J connectivity index is 1.59. The molecule has 1 amide bonds. The fraction of sp³-hybridized carbons (Fsp3) is 0.650. The predicted octanol–water partition coefficient (Wildman–Crippen LogP) is 2.42. The number of nitrogens with zero attached hydrogens (tertiary/aromatic N) is 3. The van der Waals surface area contributed by atoms with Crippen molar-refractivity contribution in [1.82, 2.24) is 14.1 Å². The molecular weight excluding hydrogens is 362 g/mol. The summed E-state index contributed by atoms with van der Waals surface area (Å²) in [6.45, 7) is 3.35. The molecule has 1 heterocycles. The second kappa shape index (κ2) is 8.71. The molecule has 27 heavy (non-hydrogen) atoms.